The second kappa shape index (κ2) is 14.3. The largest absolute Gasteiger partial charge is 0.370 e. The summed E-state index contributed by atoms with van der Waals surface area (Å²) < 4.78 is 0. The van der Waals surface area contributed by atoms with Crippen molar-refractivity contribution < 1.29 is 4.79 Å². The highest BCUT2D eigenvalue weighted by molar-refractivity contribution is 5.73. The van der Waals surface area contributed by atoms with Crippen molar-refractivity contribution in [1.82, 2.24) is 0 Å². The molecule has 0 aliphatic carbocycles. The molecule has 2 N–H and O–H groups in total. The van der Waals surface area contributed by atoms with Crippen LogP contribution >= 0.6 is 0 Å². The number of hydrogen-bond donors (Lipinski definition) is 1. The SMILES string of the molecule is CCCCCCCCCC=CCCCCC(N)=O. The van der Waals surface area contributed by atoms with Crippen LogP contribution in [0.25, 0.3) is 0 Å². The molecular weight excluding hydrogens is 222 g/mol. The molecule has 18 heavy (non-hydrogen) atoms. The average Bonchev–Trinajstić information content (AvgIpc) is 2.34. The molecule has 0 spiro atoms. The summed E-state index contributed by atoms with van der Waals surface area (Å²) in [6.45, 7) is 2.26. The van der Waals surface area contributed by atoms with Crippen molar-refractivity contribution in [3.05, 3.63) is 12.2 Å². The van der Waals surface area contributed by atoms with E-state index in [9.17, 15) is 4.79 Å². The summed E-state index contributed by atoms with van der Waals surface area (Å²) in [6.07, 6.45) is 19.0. The molecule has 0 saturated heterocycles. The van der Waals surface area contributed by atoms with Crippen molar-refractivity contribution in [2.75, 3.05) is 0 Å². The van der Waals surface area contributed by atoms with E-state index in [1.807, 2.05) is 0 Å². The quantitative estimate of drug-likeness (QED) is 0.374. The number of nitrogens with two attached hydrogens (primary N) is 1. The monoisotopic (exact) mass is 253 g/mol. The molecule has 0 unspecified atom stereocenters. The van der Waals surface area contributed by atoms with Crippen LogP contribution in [0, 0.1) is 0 Å². The Balaban J connectivity index is 3.06. The summed E-state index contributed by atoms with van der Waals surface area (Å²) in [5.74, 6) is -0.179. The molecule has 0 aromatic rings. The third-order valence-electron chi connectivity index (χ3n) is 3.18. The molecule has 106 valence electrons. The molecule has 0 heterocycles. The maximum Gasteiger partial charge on any atom is 0.217 e. The molecule has 0 bridgehead atoms. The fraction of sp³-hybridized carbons (Fsp3) is 0.812. The van der Waals surface area contributed by atoms with Crippen LogP contribution in [0.15, 0.2) is 12.2 Å². The standard InChI is InChI=1S/C16H31NO/c1-2-3-4-5-6-7-8-9-10-11-12-13-14-15-16(17)18/h10-11H,2-9,12-15H2,1H3,(H2,17,18). The summed E-state index contributed by atoms with van der Waals surface area (Å²) >= 11 is 0. The van der Waals surface area contributed by atoms with E-state index in [-0.39, 0.29) is 5.91 Å². The van der Waals surface area contributed by atoms with Gasteiger partial charge >= 0.3 is 0 Å². The molecule has 0 atom stereocenters. The number of carbonyl (C=O) groups excluding carboxylic acids is 1. The molecule has 0 aromatic heterocycles. The first-order chi connectivity index (χ1) is 8.77. The first-order valence-electron chi connectivity index (χ1n) is 7.70. The van der Waals surface area contributed by atoms with Gasteiger partial charge < -0.3 is 5.73 Å². The number of primary amides is 1. The van der Waals surface area contributed by atoms with Gasteiger partial charge in [-0.2, -0.15) is 0 Å². The van der Waals surface area contributed by atoms with E-state index in [1.165, 1.54) is 51.4 Å². The van der Waals surface area contributed by atoms with Crippen LogP contribution in [-0.4, -0.2) is 5.91 Å². The molecule has 2 nitrogen and oxygen atoms in total. The summed E-state index contributed by atoms with van der Waals surface area (Å²) in [6, 6.07) is 0. The van der Waals surface area contributed by atoms with Gasteiger partial charge in [0.2, 0.25) is 5.91 Å². The van der Waals surface area contributed by atoms with E-state index in [4.69, 9.17) is 5.73 Å². The van der Waals surface area contributed by atoms with Gasteiger partial charge in [-0.05, 0) is 32.1 Å². The van der Waals surface area contributed by atoms with Gasteiger partial charge in [0.1, 0.15) is 0 Å². The van der Waals surface area contributed by atoms with Crippen LogP contribution in [-0.2, 0) is 4.79 Å². The topological polar surface area (TPSA) is 43.1 Å². The Hall–Kier alpha value is -0.790. The lowest BCUT2D eigenvalue weighted by atomic mass is 10.1. The number of carbonyl (C=O) groups is 1. The highest BCUT2D eigenvalue weighted by Crippen LogP contribution is 2.09. The maximum absolute atomic E-state index is 10.5. The van der Waals surface area contributed by atoms with Gasteiger partial charge in [-0.25, -0.2) is 0 Å². The third kappa shape index (κ3) is 15.2. The van der Waals surface area contributed by atoms with Crippen molar-refractivity contribution in [3.63, 3.8) is 0 Å². The molecule has 0 fully saturated rings. The Morgan fingerprint density at radius 1 is 0.833 bits per heavy atom. The Labute approximate surface area is 113 Å². The van der Waals surface area contributed by atoms with Gasteiger partial charge in [0.25, 0.3) is 0 Å². The summed E-state index contributed by atoms with van der Waals surface area (Å²) in [5, 5.41) is 0. The zero-order chi connectivity index (χ0) is 13.5. The Morgan fingerprint density at radius 3 is 1.89 bits per heavy atom. The van der Waals surface area contributed by atoms with E-state index >= 15 is 0 Å². The van der Waals surface area contributed by atoms with Gasteiger partial charge in [-0.3, -0.25) is 4.79 Å². The predicted molar refractivity (Wildman–Crippen MR) is 79.4 cm³/mol. The van der Waals surface area contributed by atoms with Gasteiger partial charge in [-0.15, -0.1) is 0 Å². The zero-order valence-electron chi connectivity index (χ0n) is 12.1. The van der Waals surface area contributed by atoms with E-state index < -0.39 is 0 Å². The smallest absolute Gasteiger partial charge is 0.217 e. The molecule has 0 rings (SSSR count). The first kappa shape index (κ1) is 17.2. The minimum absolute atomic E-state index is 0.179. The molecular formula is C16H31NO. The second-order valence-electron chi connectivity index (χ2n) is 5.09. The molecule has 0 saturated carbocycles. The van der Waals surface area contributed by atoms with Crippen LogP contribution in [0.4, 0.5) is 0 Å². The van der Waals surface area contributed by atoms with Crippen LogP contribution in [0.3, 0.4) is 0 Å². The lowest BCUT2D eigenvalue weighted by molar-refractivity contribution is -0.118. The van der Waals surface area contributed by atoms with Crippen molar-refractivity contribution in [2.24, 2.45) is 5.73 Å². The lowest BCUT2D eigenvalue weighted by Gasteiger charge is -1.99. The fourth-order valence-electron chi connectivity index (χ4n) is 2.02. The average molecular weight is 253 g/mol. The van der Waals surface area contributed by atoms with E-state index in [1.54, 1.807) is 0 Å². The van der Waals surface area contributed by atoms with Crippen LogP contribution in [0.5, 0.6) is 0 Å². The molecule has 2 heteroatoms. The van der Waals surface area contributed by atoms with Crippen molar-refractivity contribution >= 4 is 5.91 Å². The normalized spacial score (nSPS) is 11.2. The predicted octanol–water partition coefficient (Wildman–Crippen LogP) is 4.73. The lowest BCUT2D eigenvalue weighted by Crippen LogP contribution is -2.09. The van der Waals surface area contributed by atoms with Gasteiger partial charge in [0, 0.05) is 6.42 Å². The minimum Gasteiger partial charge on any atom is -0.370 e. The molecule has 0 aliphatic heterocycles. The Kier molecular flexibility index (Phi) is 13.6. The minimum atomic E-state index is -0.179. The first-order valence-corrected chi connectivity index (χ1v) is 7.70. The fourth-order valence-corrected chi connectivity index (χ4v) is 2.02. The second-order valence-corrected chi connectivity index (χ2v) is 5.09. The third-order valence-corrected chi connectivity index (χ3v) is 3.18. The highest BCUT2D eigenvalue weighted by Gasteiger charge is 1.92. The summed E-state index contributed by atoms with van der Waals surface area (Å²) in [5.41, 5.74) is 5.07. The van der Waals surface area contributed by atoms with Gasteiger partial charge in [0.15, 0.2) is 0 Å². The zero-order valence-corrected chi connectivity index (χ0v) is 12.1. The van der Waals surface area contributed by atoms with Crippen LogP contribution < -0.4 is 5.73 Å². The molecule has 1 amide bonds. The Morgan fingerprint density at radius 2 is 1.33 bits per heavy atom. The molecule has 0 aromatic carbocycles. The van der Waals surface area contributed by atoms with Crippen LogP contribution in [0.2, 0.25) is 0 Å². The molecule has 0 radical (unpaired) electrons. The van der Waals surface area contributed by atoms with Gasteiger partial charge in [0.05, 0.1) is 0 Å². The Bertz CT molecular complexity index is 211. The highest BCUT2D eigenvalue weighted by atomic mass is 16.1. The summed E-state index contributed by atoms with van der Waals surface area (Å²) in [4.78, 5) is 10.5. The molecule has 0 aliphatic rings. The maximum atomic E-state index is 10.5. The van der Waals surface area contributed by atoms with Gasteiger partial charge in [-0.1, -0.05) is 57.6 Å². The van der Waals surface area contributed by atoms with E-state index in [2.05, 4.69) is 19.1 Å². The summed E-state index contributed by atoms with van der Waals surface area (Å²) in [7, 11) is 0. The van der Waals surface area contributed by atoms with Crippen molar-refractivity contribution in [2.45, 2.75) is 84.0 Å². The van der Waals surface area contributed by atoms with Crippen molar-refractivity contribution in [1.29, 1.82) is 0 Å². The van der Waals surface area contributed by atoms with Crippen molar-refractivity contribution in [3.8, 4) is 0 Å². The van der Waals surface area contributed by atoms with E-state index in [0.29, 0.717) is 6.42 Å². The number of hydrogen-bond acceptors (Lipinski definition) is 1. The van der Waals surface area contributed by atoms with Crippen LogP contribution in [0.1, 0.15) is 84.0 Å². The number of unbranched alkanes of at least 4 members (excludes halogenated alkanes) is 9. The number of rotatable bonds is 13. The number of allylic oxidation sites excluding steroid dienone is 2. The number of amides is 1. The van der Waals surface area contributed by atoms with E-state index in [0.717, 1.165) is 19.3 Å².